The molecule has 1 aliphatic rings. The number of nitrogens with zero attached hydrogens (tertiary/aromatic N) is 2. The van der Waals surface area contributed by atoms with E-state index in [4.69, 9.17) is 5.26 Å². The minimum atomic E-state index is 0.0194. The smallest absolute Gasteiger partial charge is 0.242 e. The molecule has 1 heterocycles. The van der Waals surface area contributed by atoms with E-state index in [2.05, 4.69) is 6.07 Å². The lowest BCUT2D eigenvalue weighted by atomic mass is 9.96. The van der Waals surface area contributed by atoms with E-state index in [1.165, 1.54) is 17.4 Å². The van der Waals surface area contributed by atoms with Gasteiger partial charge in [-0.25, -0.2) is 0 Å². The summed E-state index contributed by atoms with van der Waals surface area (Å²) in [7, 11) is 0. The molecule has 0 saturated carbocycles. The van der Waals surface area contributed by atoms with Crippen LogP contribution in [0, 0.1) is 10.7 Å². The van der Waals surface area contributed by atoms with E-state index in [0.717, 1.165) is 42.2 Å². The van der Waals surface area contributed by atoms with Crippen molar-refractivity contribution in [2.45, 2.75) is 25.7 Å². The largest absolute Gasteiger partial charge is 0.283 e. The summed E-state index contributed by atoms with van der Waals surface area (Å²) in [6.45, 7) is 0. The lowest BCUT2D eigenvalue weighted by molar-refractivity contribution is 0.0943. The Labute approximate surface area is 116 Å². The molecular formula is C15H14N2OS. The van der Waals surface area contributed by atoms with Crippen LogP contribution in [-0.4, -0.2) is 16.2 Å². The number of para-hydroxylation sites is 1. The van der Waals surface area contributed by atoms with Crippen LogP contribution in [0.25, 0.3) is 10.9 Å². The van der Waals surface area contributed by atoms with Gasteiger partial charge in [-0.3, -0.25) is 9.36 Å². The van der Waals surface area contributed by atoms with Crippen molar-refractivity contribution in [2.24, 2.45) is 0 Å². The number of hydrogen-bond acceptors (Lipinski definition) is 3. The number of benzene rings is 1. The van der Waals surface area contributed by atoms with Crippen molar-refractivity contribution in [2.75, 3.05) is 5.75 Å². The number of hydrogen-bond donors (Lipinski definition) is 0. The molecule has 0 amide bonds. The van der Waals surface area contributed by atoms with Crippen LogP contribution in [0.1, 0.15) is 28.9 Å². The lowest BCUT2D eigenvalue weighted by Crippen LogP contribution is -2.17. The van der Waals surface area contributed by atoms with E-state index in [0.29, 0.717) is 0 Å². The summed E-state index contributed by atoms with van der Waals surface area (Å²) in [5.74, 6) is 0.243. The van der Waals surface area contributed by atoms with Crippen LogP contribution in [0.2, 0.25) is 0 Å². The highest BCUT2D eigenvalue weighted by atomic mass is 32.2. The van der Waals surface area contributed by atoms with Crippen LogP contribution in [0.5, 0.6) is 0 Å². The third-order valence-corrected chi connectivity index (χ3v) is 4.21. The van der Waals surface area contributed by atoms with Crippen molar-refractivity contribution in [3.63, 3.8) is 0 Å². The Balaban J connectivity index is 2.17. The first kappa shape index (κ1) is 12.3. The first-order valence-corrected chi connectivity index (χ1v) is 7.46. The number of aryl methyl sites for hydroxylation is 1. The van der Waals surface area contributed by atoms with Crippen LogP contribution in [0.4, 0.5) is 0 Å². The van der Waals surface area contributed by atoms with Gasteiger partial charge in [-0.1, -0.05) is 18.2 Å². The molecule has 1 aromatic carbocycles. The minimum absolute atomic E-state index is 0.0194. The van der Waals surface area contributed by atoms with Crippen LogP contribution in [0.15, 0.2) is 24.3 Å². The van der Waals surface area contributed by atoms with Gasteiger partial charge in [0.05, 0.1) is 11.3 Å². The zero-order valence-corrected chi connectivity index (χ0v) is 11.4. The van der Waals surface area contributed by atoms with E-state index in [1.54, 1.807) is 0 Å². The molecule has 0 saturated heterocycles. The number of carbonyl (C=O) groups is 1. The summed E-state index contributed by atoms with van der Waals surface area (Å²) in [5.41, 5.74) is 3.49. The van der Waals surface area contributed by atoms with Crippen molar-refractivity contribution in [1.29, 1.82) is 5.26 Å². The molecule has 2 aromatic rings. The van der Waals surface area contributed by atoms with Crippen molar-refractivity contribution in [3.05, 3.63) is 35.5 Å². The predicted octanol–water partition coefficient (Wildman–Crippen LogP) is 3.37. The first-order chi connectivity index (χ1) is 9.33. The SMILES string of the molecule is N#CSCC(=O)n1c2c(c3ccccc31)CCCC2. The maximum absolute atomic E-state index is 12.3. The van der Waals surface area contributed by atoms with Crippen LogP contribution in [0.3, 0.4) is 0 Å². The van der Waals surface area contributed by atoms with Gasteiger partial charge in [0.25, 0.3) is 0 Å². The van der Waals surface area contributed by atoms with Gasteiger partial charge in [-0.05, 0) is 49.1 Å². The number of aromatic nitrogens is 1. The molecule has 96 valence electrons. The van der Waals surface area contributed by atoms with Crippen molar-refractivity contribution in [1.82, 2.24) is 4.57 Å². The highest BCUT2D eigenvalue weighted by Gasteiger charge is 2.22. The van der Waals surface area contributed by atoms with Crippen molar-refractivity contribution < 1.29 is 4.79 Å². The summed E-state index contributed by atoms with van der Waals surface area (Å²) in [6, 6.07) is 8.09. The molecule has 1 aromatic heterocycles. The molecule has 0 spiro atoms. The molecule has 0 N–H and O–H groups in total. The minimum Gasteiger partial charge on any atom is -0.283 e. The number of carbonyl (C=O) groups excluding carboxylic acids is 1. The highest BCUT2D eigenvalue weighted by molar-refractivity contribution is 8.04. The number of thiocyanates is 1. The zero-order chi connectivity index (χ0) is 13.2. The van der Waals surface area contributed by atoms with E-state index in [-0.39, 0.29) is 11.7 Å². The van der Waals surface area contributed by atoms with Gasteiger partial charge in [0.2, 0.25) is 5.91 Å². The molecule has 4 heteroatoms. The average Bonchev–Trinajstić information content (AvgIpc) is 2.79. The van der Waals surface area contributed by atoms with E-state index in [9.17, 15) is 4.79 Å². The standard InChI is InChI=1S/C15H14N2OS/c16-10-19-9-15(18)17-13-7-3-1-5-11(13)12-6-2-4-8-14(12)17/h1,3,5,7H,2,4,6,8-9H2. The molecular weight excluding hydrogens is 256 g/mol. The zero-order valence-electron chi connectivity index (χ0n) is 10.6. The number of rotatable bonds is 2. The lowest BCUT2D eigenvalue weighted by Gasteiger charge is -2.14. The fraction of sp³-hybridized carbons (Fsp3) is 0.333. The Kier molecular flexibility index (Phi) is 3.31. The molecule has 0 fully saturated rings. The van der Waals surface area contributed by atoms with Gasteiger partial charge in [-0.2, -0.15) is 5.26 Å². The normalized spacial score (nSPS) is 14.1. The second-order valence-electron chi connectivity index (χ2n) is 4.76. The molecule has 0 bridgehead atoms. The maximum Gasteiger partial charge on any atom is 0.242 e. The molecule has 0 atom stereocenters. The molecule has 19 heavy (non-hydrogen) atoms. The van der Waals surface area contributed by atoms with Crippen LogP contribution < -0.4 is 0 Å². The van der Waals surface area contributed by atoms with Gasteiger partial charge < -0.3 is 0 Å². The Morgan fingerprint density at radius 3 is 2.95 bits per heavy atom. The predicted molar refractivity (Wildman–Crippen MR) is 77.3 cm³/mol. The second-order valence-corrected chi connectivity index (χ2v) is 5.52. The van der Waals surface area contributed by atoms with Crippen LogP contribution >= 0.6 is 11.8 Å². The summed E-state index contributed by atoms with van der Waals surface area (Å²) in [5, 5.41) is 11.8. The molecule has 3 rings (SSSR count). The average molecular weight is 270 g/mol. The van der Waals surface area contributed by atoms with E-state index < -0.39 is 0 Å². The summed E-state index contributed by atoms with van der Waals surface area (Å²) >= 11 is 1.01. The summed E-state index contributed by atoms with van der Waals surface area (Å²) in [4.78, 5) is 12.3. The Hall–Kier alpha value is -1.73. The highest BCUT2D eigenvalue weighted by Crippen LogP contribution is 2.32. The van der Waals surface area contributed by atoms with Crippen molar-refractivity contribution in [3.8, 4) is 5.40 Å². The molecule has 0 aliphatic heterocycles. The molecule has 0 unspecified atom stereocenters. The molecule has 1 aliphatic carbocycles. The topological polar surface area (TPSA) is 45.8 Å². The fourth-order valence-corrected chi connectivity index (χ4v) is 3.26. The Morgan fingerprint density at radius 2 is 2.11 bits per heavy atom. The van der Waals surface area contributed by atoms with Crippen LogP contribution in [-0.2, 0) is 12.8 Å². The number of nitriles is 1. The van der Waals surface area contributed by atoms with Gasteiger partial charge in [0.15, 0.2) is 0 Å². The molecule has 3 nitrogen and oxygen atoms in total. The van der Waals surface area contributed by atoms with E-state index in [1.807, 2.05) is 28.2 Å². The van der Waals surface area contributed by atoms with E-state index >= 15 is 0 Å². The third-order valence-electron chi connectivity index (χ3n) is 3.69. The second kappa shape index (κ2) is 5.10. The summed E-state index contributed by atoms with van der Waals surface area (Å²) in [6.07, 6.45) is 4.36. The Morgan fingerprint density at radius 1 is 1.32 bits per heavy atom. The number of thioether (sulfide) groups is 1. The number of fused-ring (bicyclic) bond motifs is 3. The maximum atomic E-state index is 12.3. The van der Waals surface area contributed by atoms with Gasteiger partial charge in [-0.15, -0.1) is 0 Å². The van der Waals surface area contributed by atoms with Gasteiger partial charge in [0, 0.05) is 11.1 Å². The van der Waals surface area contributed by atoms with Gasteiger partial charge >= 0.3 is 0 Å². The molecule has 0 radical (unpaired) electrons. The third kappa shape index (κ3) is 2.04. The van der Waals surface area contributed by atoms with Crippen molar-refractivity contribution >= 4 is 28.6 Å². The first-order valence-electron chi connectivity index (χ1n) is 6.48. The monoisotopic (exact) mass is 270 g/mol. The Bertz CT molecular complexity index is 681. The summed E-state index contributed by atoms with van der Waals surface area (Å²) < 4.78 is 1.84. The fourth-order valence-electron chi connectivity index (χ4n) is 2.94. The quantitative estimate of drug-likeness (QED) is 0.786. The van der Waals surface area contributed by atoms with Gasteiger partial charge in [0.1, 0.15) is 5.40 Å².